The van der Waals surface area contributed by atoms with Crippen molar-refractivity contribution in [2.24, 2.45) is 5.73 Å². The lowest BCUT2D eigenvalue weighted by Gasteiger charge is -2.27. The highest BCUT2D eigenvalue weighted by molar-refractivity contribution is 7.91. The van der Waals surface area contributed by atoms with Crippen LogP contribution in [0.5, 0.6) is 0 Å². The third kappa shape index (κ3) is 5.60. The zero-order valence-electron chi connectivity index (χ0n) is 13.5. The average Bonchev–Trinajstić information content (AvgIpc) is 2.52. The van der Waals surface area contributed by atoms with Gasteiger partial charge in [-0.05, 0) is 24.5 Å². The minimum atomic E-state index is -3.06. The fourth-order valence-electron chi connectivity index (χ4n) is 2.50. The van der Waals surface area contributed by atoms with Crippen LogP contribution in [0, 0.1) is 17.5 Å². The molecule has 1 aromatic rings. The molecule has 0 aliphatic carbocycles. The summed E-state index contributed by atoms with van der Waals surface area (Å²) in [6, 6.07) is 0.309. The van der Waals surface area contributed by atoms with E-state index in [4.69, 9.17) is 5.73 Å². The predicted octanol–water partition coefficient (Wildman–Crippen LogP) is 0.804. The molecule has 0 radical (unpaired) electrons. The molecule has 0 saturated carbocycles. The van der Waals surface area contributed by atoms with Crippen LogP contribution in [0.15, 0.2) is 12.1 Å². The van der Waals surface area contributed by atoms with Crippen LogP contribution in [0.3, 0.4) is 0 Å². The van der Waals surface area contributed by atoms with Crippen LogP contribution in [0.2, 0.25) is 0 Å². The smallest absolute Gasteiger partial charge is 0.317 e. The van der Waals surface area contributed by atoms with Gasteiger partial charge in [-0.2, -0.15) is 0 Å². The second-order valence-electron chi connectivity index (χ2n) is 5.98. The van der Waals surface area contributed by atoms with Crippen molar-refractivity contribution in [3.05, 3.63) is 35.1 Å². The number of halogens is 3. The van der Waals surface area contributed by atoms with Gasteiger partial charge in [0.2, 0.25) is 0 Å². The van der Waals surface area contributed by atoms with Crippen molar-refractivity contribution in [3.8, 4) is 0 Å². The second-order valence-corrected chi connectivity index (χ2v) is 8.29. The summed E-state index contributed by atoms with van der Waals surface area (Å²) in [6.45, 7) is 0.481. The molecule has 0 spiro atoms. The Morgan fingerprint density at radius 2 is 1.76 bits per heavy atom. The Morgan fingerprint density at radius 1 is 1.16 bits per heavy atom. The van der Waals surface area contributed by atoms with Crippen molar-refractivity contribution < 1.29 is 26.4 Å². The van der Waals surface area contributed by atoms with Crippen molar-refractivity contribution in [2.45, 2.75) is 18.9 Å². The maximum absolute atomic E-state index is 13.6. The minimum Gasteiger partial charge on any atom is -0.338 e. The zero-order chi connectivity index (χ0) is 18.6. The van der Waals surface area contributed by atoms with Crippen molar-refractivity contribution in [2.75, 3.05) is 31.1 Å². The summed E-state index contributed by atoms with van der Waals surface area (Å²) >= 11 is 0. The Hall–Kier alpha value is -1.81. The van der Waals surface area contributed by atoms with E-state index >= 15 is 0 Å². The molecule has 0 bridgehead atoms. The van der Waals surface area contributed by atoms with Crippen molar-refractivity contribution in [1.29, 1.82) is 0 Å². The first-order valence-corrected chi connectivity index (χ1v) is 9.62. The molecule has 25 heavy (non-hydrogen) atoms. The first-order valence-electron chi connectivity index (χ1n) is 7.80. The van der Waals surface area contributed by atoms with E-state index in [1.165, 1.54) is 4.90 Å². The van der Waals surface area contributed by atoms with Crippen molar-refractivity contribution in [3.63, 3.8) is 0 Å². The second kappa shape index (κ2) is 8.05. The third-order valence-corrected chi connectivity index (χ3v) is 5.60. The molecule has 6 nitrogen and oxygen atoms in total. The van der Waals surface area contributed by atoms with Gasteiger partial charge in [0.1, 0.15) is 5.82 Å². The van der Waals surface area contributed by atoms with Crippen LogP contribution in [-0.2, 0) is 16.3 Å². The summed E-state index contributed by atoms with van der Waals surface area (Å²) in [7, 11) is -3.06. The van der Waals surface area contributed by atoms with E-state index in [-0.39, 0.29) is 49.2 Å². The van der Waals surface area contributed by atoms with Gasteiger partial charge in [0.25, 0.3) is 0 Å². The SMILES string of the molecule is N[C@@H](CCNC(=O)N1CCS(=O)(=O)CC1)Cc1cc(F)c(F)cc1F. The standard InChI is InChI=1S/C15H20F3N3O3S/c16-12-9-14(18)13(17)8-10(12)7-11(19)1-2-20-15(22)21-3-5-25(23,24)6-4-21/h8-9,11H,1-7,19H2,(H,20,22)/t11-/m0/s1. The monoisotopic (exact) mass is 379 g/mol. The molecule has 1 atom stereocenters. The summed E-state index contributed by atoms with van der Waals surface area (Å²) in [6.07, 6.45) is 0.303. The van der Waals surface area contributed by atoms with E-state index in [9.17, 15) is 26.4 Å². The lowest BCUT2D eigenvalue weighted by atomic mass is 10.0. The summed E-state index contributed by atoms with van der Waals surface area (Å²) in [4.78, 5) is 13.3. The fraction of sp³-hybridized carbons (Fsp3) is 0.533. The Bertz CT molecular complexity index is 729. The van der Waals surface area contributed by atoms with Gasteiger partial charge in [-0.25, -0.2) is 26.4 Å². The minimum absolute atomic E-state index is 0.000855. The molecule has 0 aromatic heterocycles. The highest BCUT2D eigenvalue weighted by atomic mass is 32.2. The molecule has 1 heterocycles. The Morgan fingerprint density at radius 3 is 2.40 bits per heavy atom. The number of rotatable bonds is 5. The highest BCUT2D eigenvalue weighted by Gasteiger charge is 2.24. The number of nitrogens with one attached hydrogen (secondary N) is 1. The van der Waals surface area contributed by atoms with Crippen LogP contribution in [0.25, 0.3) is 0 Å². The molecule has 140 valence electrons. The Balaban J connectivity index is 1.76. The molecule has 1 saturated heterocycles. The van der Waals surface area contributed by atoms with Gasteiger partial charge >= 0.3 is 6.03 Å². The fourth-order valence-corrected chi connectivity index (χ4v) is 3.70. The molecule has 0 unspecified atom stereocenters. The molecule has 1 aliphatic heterocycles. The number of benzene rings is 1. The lowest BCUT2D eigenvalue weighted by Crippen LogP contribution is -2.48. The number of hydrogen-bond donors (Lipinski definition) is 2. The summed E-state index contributed by atoms with van der Waals surface area (Å²) in [5, 5.41) is 2.62. The molecule has 3 N–H and O–H groups in total. The van der Waals surface area contributed by atoms with Crippen LogP contribution >= 0.6 is 0 Å². The van der Waals surface area contributed by atoms with Crippen LogP contribution < -0.4 is 11.1 Å². The molecule has 10 heteroatoms. The maximum Gasteiger partial charge on any atom is 0.317 e. The van der Waals surface area contributed by atoms with Crippen LogP contribution in [0.1, 0.15) is 12.0 Å². The summed E-state index contributed by atoms with van der Waals surface area (Å²) in [5.74, 6) is -3.39. The van der Waals surface area contributed by atoms with Gasteiger partial charge in [0.15, 0.2) is 21.5 Å². The number of nitrogens with zero attached hydrogens (tertiary/aromatic N) is 1. The lowest BCUT2D eigenvalue weighted by molar-refractivity contribution is 0.202. The number of nitrogens with two attached hydrogens (primary N) is 1. The van der Waals surface area contributed by atoms with Gasteiger partial charge in [-0.15, -0.1) is 0 Å². The quantitative estimate of drug-likeness (QED) is 0.741. The van der Waals surface area contributed by atoms with Gasteiger partial charge in [-0.1, -0.05) is 0 Å². The number of urea groups is 1. The molecular formula is C15H20F3N3O3S. The van der Waals surface area contributed by atoms with E-state index in [1.54, 1.807) is 0 Å². The summed E-state index contributed by atoms with van der Waals surface area (Å²) < 4.78 is 62.2. The first kappa shape index (κ1) is 19.5. The van der Waals surface area contributed by atoms with E-state index < -0.39 is 33.3 Å². The van der Waals surface area contributed by atoms with Crippen LogP contribution in [-0.4, -0.2) is 56.5 Å². The van der Waals surface area contributed by atoms with E-state index in [0.717, 1.165) is 6.07 Å². The molecule has 2 amide bonds. The Kier molecular flexibility index (Phi) is 6.28. The Labute approximate surface area is 144 Å². The molecule has 1 aromatic carbocycles. The molecule has 2 rings (SSSR count). The third-order valence-electron chi connectivity index (χ3n) is 3.99. The topological polar surface area (TPSA) is 92.5 Å². The van der Waals surface area contributed by atoms with Gasteiger partial charge in [0.05, 0.1) is 11.5 Å². The first-order chi connectivity index (χ1) is 11.7. The molecule has 1 fully saturated rings. The van der Waals surface area contributed by atoms with Gasteiger partial charge in [-0.3, -0.25) is 0 Å². The van der Waals surface area contributed by atoms with Gasteiger partial charge in [0, 0.05) is 31.7 Å². The maximum atomic E-state index is 13.6. The normalized spacial score (nSPS) is 18.0. The number of carbonyl (C=O) groups excluding carboxylic acids is 1. The molecular weight excluding hydrogens is 359 g/mol. The van der Waals surface area contributed by atoms with Crippen LogP contribution in [0.4, 0.5) is 18.0 Å². The number of sulfone groups is 1. The summed E-state index contributed by atoms with van der Waals surface area (Å²) in [5.41, 5.74) is 5.81. The number of amides is 2. The van der Waals surface area contributed by atoms with Gasteiger partial charge < -0.3 is 16.0 Å². The van der Waals surface area contributed by atoms with E-state index in [0.29, 0.717) is 12.5 Å². The van der Waals surface area contributed by atoms with E-state index in [2.05, 4.69) is 5.32 Å². The van der Waals surface area contributed by atoms with Crippen molar-refractivity contribution in [1.82, 2.24) is 10.2 Å². The predicted molar refractivity (Wildman–Crippen MR) is 86.2 cm³/mol. The van der Waals surface area contributed by atoms with E-state index in [1.807, 2.05) is 0 Å². The number of hydrogen-bond acceptors (Lipinski definition) is 4. The largest absolute Gasteiger partial charge is 0.338 e. The average molecular weight is 379 g/mol. The highest BCUT2D eigenvalue weighted by Crippen LogP contribution is 2.15. The number of carbonyl (C=O) groups is 1. The zero-order valence-corrected chi connectivity index (χ0v) is 14.3. The molecule has 1 aliphatic rings. The van der Waals surface area contributed by atoms with Crippen molar-refractivity contribution >= 4 is 15.9 Å².